The molecule has 0 spiro atoms. The molecule has 1 unspecified atom stereocenters. The first-order valence-electron chi connectivity index (χ1n) is 8.38. The van der Waals surface area contributed by atoms with Crippen LogP contribution in [0.15, 0.2) is 18.2 Å². The van der Waals surface area contributed by atoms with Gasteiger partial charge in [-0.05, 0) is 42.4 Å². The molecule has 1 atom stereocenters. The summed E-state index contributed by atoms with van der Waals surface area (Å²) in [5.41, 5.74) is -0.190. The van der Waals surface area contributed by atoms with Gasteiger partial charge in [0.05, 0.1) is 5.41 Å². The quantitative estimate of drug-likeness (QED) is 0.593. The number of carbonyl (C=O) groups is 1. The summed E-state index contributed by atoms with van der Waals surface area (Å²) in [6, 6.07) is 5.01. The number of phenols is 1. The number of benzene rings is 1. The van der Waals surface area contributed by atoms with Crippen LogP contribution in [0.1, 0.15) is 73.8 Å². The minimum Gasteiger partial charge on any atom is -0.508 e. The van der Waals surface area contributed by atoms with Crippen LogP contribution in [-0.4, -0.2) is 11.1 Å². The zero-order valence-corrected chi connectivity index (χ0v) is 15.9. The Morgan fingerprint density at radius 1 is 1.09 bits per heavy atom. The molecule has 0 bridgehead atoms. The zero-order chi connectivity index (χ0) is 18.1. The molecule has 1 N–H and O–H groups in total. The van der Waals surface area contributed by atoms with E-state index in [0.29, 0.717) is 5.75 Å². The molecule has 0 aliphatic rings. The van der Waals surface area contributed by atoms with Crippen LogP contribution in [0.2, 0.25) is 0 Å². The summed E-state index contributed by atoms with van der Waals surface area (Å²) in [7, 11) is 0. The fourth-order valence-corrected chi connectivity index (χ4v) is 2.68. The van der Waals surface area contributed by atoms with Crippen LogP contribution in [0.25, 0.3) is 0 Å². The van der Waals surface area contributed by atoms with Crippen LogP contribution in [0.3, 0.4) is 0 Å². The summed E-state index contributed by atoms with van der Waals surface area (Å²) in [6.45, 7) is 16.3. The number of ether oxygens (including phenoxy) is 1. The largest absolute Gasteiger partial charge is 0.508 e. The topological polar surface area (TPSA) is 46.5 Å². The van der Waals surface area contributed by atoms with Crippen molar-refractivity contribution in [2.24, 2.45) is 10.8 Å². The lowest BCUT2D eigenvalue weighted by Gasteiger charge is -2.39. The molecule has 3 nitrogen and oxygen atoms in total. The molecule has 0 heterocycles. The van der Waals surface area contributed by atoms with Gasteiger partial charge in [-0.15, -0.1) is 0 Å². The molecule has 1 rings (SSSR count). The molecule has 0 amide bonds. The van der Waals surface area contributed by atoms with Crippen molar-refractivity contribution in [2.45, 2.75) is 73.6 Å². The molecule has 0 fully saturated rings. The Bertz CT molecular complexity index is 561. The van der Waals surface area contributed by atoms with Crippen LogP contribution >= 0.6 is 0 Å². The fourth-order valence-electron chi connectivity index (χ4n) is 2.68. The molecule has 0 aromatic heterocycles. The van der Waals surface area contributed by atoms with E-state index in [1.807, 2.05) is 27.7 Å². The predicted molar refractivity (Wildman–Crippen MR) is 94.9 cm³/mol. The Balaban J connectivity index is 3.14. The van der Waals surface area contributed by atoms with Crippen molar-refractivity contribution in [3.63, 3.8) is 0 Å². The van der Waals surface area contributed by atoms with Crippen molar-refractivity contribution < 1.29 is 14.6 Å². The molecule has 130 valence electrons. The maximum Gasteiger partial charge on any atom is 0.317 e. The van der Waals surface area contributed by atoms with Crippen molar-refractivity contribution in [2.75, 3.05) is 0 Å². The van der Waals surface area contributed by atoms with E-state index in [1.165, 1.54) is 0 Å². The number of phenolic OH excluding ortho intramolecular Hbond substituents is 1. The van der Waals surface area contributed by atoms with Gasteiger partial charge in [-0.3, -0.25) is 4.79 Å². The summed E-state index contributed by atoms with van der Waals surface area (Å²) in [5.74, 6) is 0.506. The van der Waals surface area contributed by atoms with Gasteiger partial charge in [0.1, 0.15) is 11.5 Å². The number of esters is 1. The van der Waals surface area contributed by atoms with Crippen molar-refractivity contribution in [3.8, 4) is 11.5 Å². The Morgan fingerprint density at radius 2 is 1.65 bits per heavy atom. The van der Waals surface area contributed by atoms with E-state index in [0.717, 1.165) is 18.4 Å². The Kier molecular flexibility index (Phi) is 5.56. The van der Waals surface area contributed by atoms with Crippen LogP contribution in [0.5, 0.6) is 11.5 Å². The zero-order valence-electron chi connectivity index (χ0n) is 15.9. The average Bonchev–Trinajstić information content (AvgIpc) is 2.38. The van der Waals surface area contributed by atoms with Gasteiger partial charge < -0.3 is 9.84 Å². The second-order valence-electron chi connectivity index (χ2n) is 8.65. The standard InChI is InChI=1S/C20H32O3/c1-9-12-20(8,19(5,6)7)17(22)23-14-10-11-16(21)15(13-14)18(2,3)4/h10-11,13,21H,9,12H2,1-8H3. The summed E-state index contributed by atoms with van der Waals surface area (Å²) in [4.78, 5) is 12.8. The number of hydrogen-bond acceptors (Lipinski definition) is 3. The van der Waals surface area contributed by atoms with E-state index in [9.17, 15) is 9.90 Å². The maximum absolute atomic E-state index is 12.8. The monoisotopic (exact) mass is 320 g/mol. The molecular weight excluding hydrogens is 288 g/mol. The Hall–Kier alpha value is -1.51. The highest BCUT2D eigenvalue weighted by atomic mass is 16.5. The van der Waals surface area contributed by atoms with E-state index in [1.54, 1.807) is 18.2 Å². The van der Waals surface area contributed by atoms with Crippen LogP contribution < -0.4 is 4.74 Å². The second kappa shape index (κ2) is 6.54. The molecule has 0 saturated carbocycles. The van der Waals surface area contributed by atoms with Gasteiger partial charge in [0.15, 0.2) is 0 Å². The highest BCUT2D eigenvalue weighted by molar-refractivity contribution is 5.79. The maximum atomic E-state index is 12.8. The third-order valence-electron chi connectivity index (χ3n) is 4.84. The molecule has 1 aromatic rings. The van der Waals surface area contributed by atoms with Gasteiger partial charge in [0, 0.05) is 5.56 Å². The first-order chi connectivity index (χ1) is 10.3. The van der Waals surface area contributed by atoms with Gasteiger partial charge >= 0.3 is 5.97 Å². The third kappa shape index (κ3) is 4.27. The molecule has 0 radical (unpaired) electrons. The molecule has 23 heavy (non-hydrogen) atoms. The molecule has 0 saturated heterocycles. The first kappa shape index (κ1) is 19.5. The van der Waals surface area contributed by atoms with E-state index in [-0.39, 0.29) is 22.5 Å². The first-order valence-corrected chi connectivity index (χ1v) is 8.38. The molecule has 3 heteroatoms. The van der Waals surface area contributed by atoms with Gasteiger partial charge in [0.2, 0.25) is 0 Å². The SMILES string of the molecule is CCCC(C)(C(=O)Oc1ccc(O)c(C(C)(C)C)c1)C(C)(C)C. The lowest BCUT2D eigenvalue weighted by atomic mass is 9.65. The number of rotatable bonds is 4. The minimum atomic E-state index is -0.554. The highest BCUT2D eigenvalue weighted by Gasteiger charge is 2.45. The van der Waals surface area contributed by atoms with E-state index in [4.69, 9.17) is 4.74 Å². The van der Waals surface area contributed by atoms with E-state index >= 15 is 0 Å². The normalized spacial score (nSPS) is 15.1. The van der Waals surface area contributed by atoms with E-state index in [2.05, 4.69) is 27.7 Å². The summed E-state index contributed by atoms with van der Waals surface area (Å²) >= 11 is 0. The van der Waals surface area contributed by atoms with E-state index < -0.39 is 5.41 Å². The van der Waals surface area contributed by atoms with Crippen LogP contribution in [-0.2, 0) is 10.2 Å². The van der Waals surface area contributed by atoms with Crippen molar-refractivity contribution in [1.82, 2.24) is 0 Å². The lowest BCUT2D eigenvalue weighted by molar-refractivity contribution is -0.152. The molecular formula is C20H32O3. The summed E-state index contributed by atoms with van der Waals surface area (Å²) in [6.07, 6.45) is 1.70. The van der Waals surface area contributed by atoms with Crippen LogP contribution in [0.4, 0.5) is 0 Å². The summed E-state index contributed by atoms with van der Waals surface area (Å²) in [5, 5.41) is 10.0. The predicted octanol–water partition coefficient (Wildman–Crippen LogP) is 5.45. The second-order valence-corrected chi connectivity index (χ2v) is 8.65. The Morgan fingerprint density at radius 3 is 2.09 bits per heavy atom. The number of hydrogen-bond donors (Lipinski definition) is 1. The minimum absolute atomic E-state index is 0.191. The van der Waals surface area contributed by atoms with Gasteiger partial charge in [-0.25, -0.2) is 0 Å². The van der Waals surface area contributed by atoms with Crippen molar-refractivity contribution in [3.05, 3.63) is 23.8 Å². The lowest BCUT2D eigenvalue weighted by Crippen LogP contribution is -2.43. The Labute approximate surface area is 141 Å². The number of carbonyl (C=O) groups excluding carboxylic acids is 1. The van der Waals surface area contributed by atoms with Crippen molar-refractivity contribution in [1.29, 1.82) is 0 Å². The fraction of sp³-hybridized carbons (Fsp3) is 0.650. The van der Waals surface area contributed by atoms with Gasteiger partial charge in [-0.2, -0.15) is 0 Å². The molecule has 1 aromatic carbocycles. The molecule has 0 aliphatic heterocycles. The summed E-state index contributed by atoms with van der Waals surface area (Å²) < 4.78 is 5.70. The van der Waals surface area contributed by atoms with Crippen molar-refractivity contribution >= 4 is 5.97 Å². The smallest absolute Gasteiger partial charge is 0.317 e. The van der Waals surface area contributed by atoms with Gasteiger partial charge in [0.25, 0.3) is 0 Å². The number of aromatic hydroxyl groups is 1. The molecule has 0 aliphatic carbocycles. The average molecular weight is 320 g/mol. The van der Waals surface area contributed by atoms with Gasteiger partial charge in [-0.1, -0.05) is 54.9 Å². The van der Waals surface area contributed by atoms with Crippen LogP contribution in [0, 0.1) is 10.8 Å². The third-order valence-corrected chi connectivity index (χ3v) is 4.84. The highest BCUT2D eigenvalue weighted by Crippen LogP contribution is 2.44.